The molecule has 0 amide bonds. The molecule has 3 nitrogen and oxygen atoms in total. The molecular weight excluding hydrogens is 166 g/mol. The highest BCUT2D eigenvalue weighted by molar-refractivity contribution is 5.01. The van der Waals surface area contributed by atoms with Crippen molar-refractivity contribution in [1.82, 2.24) is 4.90 Å². The lowest BCUT2D eigenvalue weighted by Crippen LogP contribution is -2.55. The van der Waals surface area contributed by atoms with Crippen LogP contribution < -0.4 is 0 Å². The lowest BCUT2D eigenvalue weighted by Gasteiger charge is -2.43. The van der Waals surface area contributed by atoms with Crippen LogP contribution in [0.3, 0.4) is 0 Å². The van der Waals surface area contributed by atoms with Crippen LogP contribution in [-0.4, -0.2) is 42.5 Å². The Labute approximate surface area is 80.0 Å². The Morgan fingerprint density at radius 2 is 2.08 bits per heavy atom. The van der Waals surface area contributed by atoms with E-state index < -0.39 is 0 Å². The molecule has 0 aromatic carbocycles. The predicted octanol–water partition coefficient (Wildman–Crippen LogP) is 1.23. The molecule has 76 valence electrons. The molecule has 3 heteroatoms. The molecule has 2 aliphatic heterocycles. The smallest absolute Gasteiger partial charge is 0.1000 e. The minimum absolute atomic E-state index is 0.00579. The second-order valence-corrected chi connectivity index (χ2v) is 4.64. The Hall–Kier alpha value is -0.120. The zero-order valence-electron chi connectivity index (χ0n) is 8.91. The van der Waals surface area contributed by atoms with E-state index in [2.05, 4.69) is 32.7 Å². The highest BCUT2D eigenvalue weighted by Gasteiger charge is 2.50. The summed E-state index contributed by atoms with van der Waals surface area (Å²) in [5.41, 5.74) is 0.00579. The summed E-state index contributed by atoms with van der Waals surface area (Å²) < 4.78 is 11.7. The van der Waals surface area contributed by atoms with Crippen LogP contribution in [0.15, 0.2) is 0 Å². The molecule has 0 aromatic rings. The monoisotopic (exact) mass is 185 g/mol. The van der Waals surface area contributed by atoms with Gasteiger partial charge < -0.3 is 9.47 Å². The second kappa shape index (κ2) is 2.94. The summed E-state index contributed by atoms with van der Waals surface area (Å²) >= 11 is 0. The molecule has 0 radical (unpaired) electrons. The molecule has 0 N–H and O–H groups in total. The van der Waals surface area contributed by atoms with Crippen LogP contribution in [0, 0.1) is 0 Å². The Morgan fingerprint density at radius 3 is 2.77 bits per heavy atom. The van der Waals surface area contributed by atoms with Crippen molar-refractivity contribution in [2.24, 2.45) is 0 Å². The van der Waals surface area contributed by atoms with Gasteiger partial charge in [-0.3, -0.25) is 4.90 Å². The van der Waals surface area contributed by atoms with Crippen LogP contribution in [0.1, 0.15) is 27.2 Å². The van der Waals surface area contributed by atoms with Crippen molar-refractivity contribution in [3.05, 3.63) is 0 Å². The van der Waals surface area contributed by atoms with Gasteiger partial charge in [0.05, 0.1) is 30.6 Å². The maximum atomic E-state index is 5.84. The van der Waals surface area contributed by atoms with Crippen LogP contribution in [0.25, 0.3) is 0 Å². The molecule has 2 rings (SSSR count). The van der Waals surface area contributed by atoms with Gasteiger partial charge in [-0.25, -0.2) is 0 Å². The van der Waals surface area contributed by atoms with Gasteiger partial charge in [-0.05, 0) is 27.8 Å². The van der Waals surface area contributed by atoms with Gasteiger partial charge in [0.2, 0.25) is 0 Å². The van der Waals surface area contributed by atoms with E-state index in [-0.39, 0.29) is 11.7 Å². The van der Waals surface area contributed by atoms with Gasteiger partial charge in [-0.15, -0.1) is 0 Å². The van der Waals surface area contributed by atoms with Gasteiger partial charge in [-0.2, -0.15) is 0 Å². The van der Waals surface area contributed by atoms with Crippen molar-refractivity contribution in [2.75, 3.05) is 13.8 Å². The van der Waals surface area contributed by atoms with Gasteiger partial charge in [0, 0.05) is 6.42 Å². The van der Waals surface area contributed by atoms with E-state index in [1.165, 1.54) is 0 Å². The van der Waals surface area contributed by atoms with Crippen molar-refractivity contribution < 1.29 is 9.47 Å². The number of nitrogens with zero attached hydrogens (tertiary/aromatic N) is 1. The van der Waals surface area contributed by atoms with E-state index in [0.29, 0.717) is 12.1 Å². The lowest BCUT2D eigenvalue weighted by molar-refractivity contribution is -0.134. The molecule has 0 bridgehead atoms. The molecular formula is C10H19NO2. The molecule has 2 saturated heterocycles. The SMILES string of the molecule is CC1C[C@]2(C)OCN(C)[C@@H]2[C@H](C)O1. The summed E-state index contributed by atoms with van der Waals surface area (Å²) in [4.78, 5) is 2.25. The van der Waals surface area contributed by atoms with Crippen LogP contribution >= 0.6 is 0 Å². The number of fused-ring (bicyclic) bond motifs is 1. The van der Waals surface area contributed by atoms with Crippen LogP contribution in [0.5, 0.6) is 0 Å². The van der Waals surface area contributed by atoms with E-state index in [9.17, 15) is 0 Å². The van der Waals surface area contributed by atoms with Gasteiger partial charge in [0.15, 0.2) is 0 Å². The molecule has 0 aromatic heterocycles. The Balaban J connectivity index is 2.21. The predicted molar refractivity (Wildman–Crippen MR) is 50.5 cm³/mol. The first kappa shape index (κ1) is 9.44. The van der Waals surface area contributed by atoms with Gasteiger partial charge in [0.25, 0.3) is 0 Å². The number of ether oxygens (including phenoxy) is 2. The highest BCUT2D eigenvalue weighted by atomic mass is 16.6. The minimum atomic E-state index is 0.00579. The summed E-state index contributed by atoms with van der Waals surface area (Å²) in [6.07, 6.45) is 1.61. The first-order chi connectivity index (χ1) is 6.03. The van der Waals surface area contributed by atoms with Crippen molar-refractivity contribution >= 4 is 0 Å². The molecule has 2 fully saturated rings. The fraction of sp³-hybridized carbons (Fsp3) is 1.00. The molecule has 4 atom stereocenters. The number of rotatable bonds is 0. The zero-order valence-corrected chi connectivity index (χ0v) is 8.91. The second-order valence-electron chi connectivity index (χ2n) is 4.64. The maximum absolute atomic E-state index is 5.84. The Kier molecular flexibility index (Phi) is 2.13. The first-order valence-corrected chi connectivity index (χ1v) is 5.02. The standard InChI is InChI=1S/C10H19NO2/c1-7-5-10(3)9(8(2)13-7)11(4)6-12-10/h7-9H,5-6H2,1-4H3/t7?,8-,9+,10-/m0/s1. The fourth-order valence-electron chi connectivity index (χ4n) is 2.98. The van der Waals surface area contributed by atoms with E-state index in [1.54, 1.807) is 0 Å². The molecule has 0 saturated carbocycles. The highest BCUT2D eigenvalue weighted by Crippen LogP contribution is 2.38. The third-order valence-electron chi connectivity index (χ3n) is 3.28. The molecule has 2 aliphatic rings. The van der Waals surface area contributed by atoms with Crippen molar-refractivity contribution in [1.29, 1.82) is 0 Å². The van der Waals surface area contributed by atoms with Crippen LogP contribution in [0.4, 0.5) is 0 Å². The van der Waals surface area contributed by atoms with Gasteiger partial charge >= 0.3 is 0 Å². The first-order valence-electron chi connectivity index (χ1n) is 5.02. The van der Waals surface area contributed by atoms with Gasteiger partial charge in [-0.1, -0.05) is 0 Å². The van der Waals surface area contributed by atoms with E-state index in [4.69, 9.17) is 9.47 Å². The lowest BCUT2D eigenvalue weighted by atomic mass is 9.84. The summed E-state index contributed by atoms with van der Waals surface area (Å²) in [6, 6.07) is 0.420. The average Bonchev–Trinajstić information content (AvgIpc) is 2.26. The quantitative estimate of drug-likeness (QED) is 0.566. The fourth-order valence-corrected chi connectivity index (χ4v) is 2.98. The van der Waals surface area contributed by atoms with Gasteiger partial charge in [0.1, 0.15) is 0 Å². The summed E-state index contributed by atoms with van der Waals surface area (Å²) in [6.45, 7) is 7.21. The third-order valence-corrected chi connectivity index (χ3v) is 3.28. The van der Waals surface area contributed by atoms with Crippen molar-refractivity contribution in [2.45, 2.75) is 51.0 Å². The number of likely N-dealkylation sites (N-methyl/N-ethyl adjacent to an activating group) is 1. The molecule has 0 aliphatic carbocycles. The Bertz CT molecular complexity index is 209. The molecule has 0 spiro atoms. The van der Waals surface area contributed by atoms with Crippen molar-refractivity contribution in [3.63, 3.8) is 0 Å². The van der Waals surface area contributed by atoms with Crippen molar-refractivity contribution in [3.8, 4) is 0 Å². The zero-order chi connectivity index (χ0) is 9.64. The Morgan fingerprint density at radius 1 is 1.38 bits per heavy atom. The number of hydrogen-bond donors (Lipinski definition) is 0. The van der Waals surface area contributed by atoms with Crippen LogP contribution in [0.2, 0.25) is 0 Å². The molecule has 2 heterocycles. The summed E-state index contributed by atoms with van der Waals surface area (Å²) in [5.74, 6) is 0. The molecule has 1 unspecified atom stereocenters. The summed E-state index contributed by atoms with van der Waals surface area (Å²) in [7, 11) is 2.10. The average molecular weight is 185 g/mol. The maximum Gasteiger partial charge on any atom is 0.1000 e. The van der Waals surface area contributed by atoms with E-state index >= 15 is 0 Å². The topological polar surface area (TPSA) is 21.7 Å². The van der Waals surface area contributed by atoms with Crippen LogP contribution in [-0.2, 0) is 9.47 Å². The largest absolute Gasteiger partial charge is 0.374 e. The normalized spacial score (nSPS) is 52.2. The minimum Gasteiger partial charge on any atom is -0.374 e. The third kappa shape index (κ3) is 1.39. The number of hydrogen-bond acceptors (Lipinski definition) is 3. The molecule has 13 heavy (non-hydrogen) atoms. The van der Waals surface area contributed by atoms with E-state index in [1.807, 2.05) is 0 Å². The summed E-state index contributed by atoms with van der Waals surface area (Å²) in [5, 5.41) is 0. The van der Waals surface area contributed by atoms with E-state index in [0.717, 1.165) is 13.2 Å².